The molecule has 0 saturated heterocycles. The van der Waals surface area contributed by atoms with Gasteiger partial charge in [0, 0.05) is 18.4 Å². The molecule has 0 aliphatic carbocycles. The summed E-state index contributed by atoms with van der Waals surface area (Å²) in [7, 11) is 0. The first-order valence-corrected chi connectivity index (χ1v) is 7.49. The monoisotopic (exact) mass is 286 g/mol. The lowest BCUT2D eigenvalue weighted by Crippen LogP contribution is -2.05. The van der Waals surface area contributed by atoms with E-state index in [-0.39, 0.29) is 6.42 Å². The summed E-state index contributed by atoms with van der Waals surface area (Å²) in [6, 6.07) is 10.3. The Balaban J connectivity index is 1.78. The molecule has 2 rings (SSSR count). The number of aromatic nitrogens is 1. The number of hydrogen-bond donors (Lipinski definition) is 2. The molecular weight excluding hydrogens is 264 g/mol. The Morgan fingerprint density at radius 2 is 1.95 bits per heavy atom. The van der Waals surface area contributed by atoms with Crippen molar-refractivity contribution in [2.45, 2.75) is 39.0 Å². The van der Waals surface area contributed by atoms with Crippen LogP contribution in [-0.4, -0.2) is 22.6 Å². The number of unbranched alkanes of at least 4 members (excludes halogenated alkanes) is 3. The molecule has 4 heteroatoms. The van der Waals surface area contributed by atoms with Gasteiger partial charge in [-0.1, -0.05) is 31.0 Å². The molecule has 0 aliphatic rings. The molecule has 0 amide bonds. The SMILES string of the molecule is Cc1cc2ccccc2nc1NCCCCCCC(=O)O. The van der Waals surface area contributed by atoms with Crippen LogP contribution in [0.2, 0.25) is 0 Å². The summed E-state index contributed by atoms with van der Waals surface area (Å²) in [5, 5.41) is 13.1. The fraction of sp³-hybridized carbons (Fsp3) is 0.412. The summed E-state index contributed by atoms with van der Waals surface area (Å²) >= 11 is 0. The van der Waals surface area contributed by atoms with E-state index in [1.165, 1.54) is 0 Å². The minimum absolute atomic E-state index is 0.277. The molecule has 1 aromatic heterocycles. The summed E-state index contributed by atoms with van der Waals surface area (Å²) in [6.07, 6.45) is 4.10. The van der Waals surface area contributed by atoms with Crippen LogP contribution in [0, 0.1) is 6.92 Å². The predicted molar refractivity (Wildman–Crippen MR) is 85.7 cm³/mol. The van der Waals surface area contributed by atoms with E-state index in [1.807, 2.05) is 18.2 Å². The third-order valence-electron chi connectivity index (χ3n) is 3.52. The molecule has 4 nitrogen and oxygen atoms in total. The second-order valence-corrected chi connectivity index (χ2v) is 5.33. The van der Waals surface area contributed by atoms with Crippen LogP contribution in [0.5, 0.6) is 0 Å². The van der Waals surface area contributed by atoms with E-state index in [1.54, 1.807) is 0 Å². The highest BCUT2D eigenvalue weighted by molar-refractivity contribution is 5.81. The maximum absolute atomic E-state index is 10.4. The number of aliphatic carboxylic acids is 1. The molecule has 0 fully saturated rings. The number of carboxylic acids is 1. The van der Waals surface area contributed by atoms with E-state index in [4.69, 9.17) is 5.11 Å². The Hall–Kier alpha value is -2.10. The molecule has 0 aliphatic heterocycles. The molecule has 21 heavy (non-hydrogen) atoms. The number of hydrogen-bond acceptors (Lipinski definition) is 3. The molecule has 0 radical (unpaired) electrons. The summed E-state index contributed by atoms with van der Waals surface area (Å²) in [5.74, 6) is 0.239. The van der Waals surface area contributed by atoms with E-state index < -0.39 is 5.97 Å². The number of carbonyl (C=O) groups is 1. The van der Waals surface area contributed by atoms with Crippen molar-refractivity contribution in [3.63, 3.8) is 0 Å². The topological polar surface area (TPSA) is 62.2 Å². The molecule has 0 bridgehead atoms. The van der Waals surface area contributed by atoms with Gasteiger partial charge in [0.05, 0.1) is 5.52 Å². The van der Waals surface area contributed by atoms with Crippen LogP contribution in [0.15, 0.2) is 30.3 Å². The quantitative estimate of drug-likeness (QED) is 0.720. The molecule has 0 atom stereocenters. The largest absolute Gasteiger partial charge is 0.481 e. The number of nitrogens with one attached hydrogen (secondary N) is 1. The first-order valence-electron chi connectivity index (χ1n) is 7.49. The fourth-order valence-electron chi connectivity index (χ4n) is 2.36. The number of rotatable bonds is 8. The van der Waals surface area contributed by atoms with Gasteiger partial charge < -0.3 is 10.4 Å². The summed E-state index contributed by atoms with van der Waals surface area (Å²) in [5.41, 5.74) is 2.16. The Bertz CT molecular complexity index is 611. The number of benzene rings is 1. The van der Waals surface area contributed by atoms with Crippen molar-refractivity contribution in [1.29, 1.82) is 0 Å². The lowest BCUT2D eigenvalue weighted by Gasteiger charge is -2.10. The highest BCUT2D eigenvalue weighted by Gasteiger charge is 2.02. The van der Waals surface area contributed by atoms with Crippen molar-refractivity contribution >= 4 is 22.7 Å². The van der Waals surface area contributed by atoms with Crippen molar-refractivity contribution in [3.05, 3.63) is 35.9 Å². The number of nitrogens with zero attached hydrogens (tertiary/aromatic N) is 1. The molecule has 112 valence electrons. The second kappa shape index (κ2) is 7.62. The van der Waals surface area contributed by atoms with Gasteiger partial charge >= 0.3 is 5.97 Å². The zero-order chi connectivity index (χ0) is 15.1. The summed E-state index contributed by atoms with van der Waals surface area (Å²) < 4.78 is 0. The Morgan fingerprint density at radius 3 is 2.76 bits per heavy atom. The van der Waals surface area contributed by atoms with Crippen LogP contribution >= 0.6 is 0 Å². The number of carboxylic acid groups (broad SMARTS) is 1. The van der Waals surface area contributed by atoms with Crippen LogP contribution in [0.1, 0.15) is 37.7 Å². The van der Waals surface area contributed by atoms with E-state index >= 15 is 0 Å². The normalized spacial score (nSPS) is 10.7. The summed E-state index contributed by atoms with van der Waals surface area (Å²) in [6.45, 7) is 2.94. The number of pyridine rings is 1. The third-order valence-corrected chi connectivity index (χ3v) is 3.52. The van der Waals surface area contributed by atoms with Crippen molar-refractivity contribution in [2.75, 3.05) is 11.9 Å². The lowest BCUT2D eigenvalue weighted by atomic mass is 10.1. The van der Waals surface area contributed by atoms with Gasteiger partial charge in [-0.05, 0) is 37.5 Å². The molecule has 0 unspecified atom stereocenters. The lowest BCUT2D eigenvalue weighted by molar-refractivity contribution is -0.137. The van der Waals surface area contributed by atoms with Crippen LogP contribution in [0.3, 0.4) is 0 Å². The van der Waals surface area contributed by atoms with Gasteiger partial charge in [0.15, 0.2) is 0 Å². The van der Waals surface area contributed by atoms with E-state index in [9.17, 15) is 4.79 Å². The molecule has 0 saturated carbocycles. The average molecular weight is 286 g/mol. The Morgan fingerprint density at radius 1 is 1.19 bits per heavy atom. The minimum Gasteiger partial charge on any atom is -0.481 e. The van der Waals surface area contributed by atoms with Crippen LogP contribution in [-0.2, 0) is 4.79 Å². The first-order chi connectivity index (χ1) is 10.2. The zero-order valence-corrected chi connectivity index (χ0v) is 12.4. The number of para-hydroxylation sites is 1. The van der Waals surface area contributed by atoms with Crippen LogP contribution in [0.4, 0.5) is 5.82 Å². The van der Waals surface area contributed by atoms with Crippen molar-refractivity contribution in [1.82, 2.24) is 4.98 Å². The van der Waals surface area contributed by atoms with Crippen molar-refractivity contribution in [2.24, 2.45) is 0 Å². The van der Waals surface area contributed by atoms with Gasteiger partial charge in [0.1, 0.15) is 5.82 Å². The smallest absolute Gasteiger partial charge is 0.303 e. The van der Waals surface area contributed by atoms with Crippen LogP contribution in [0.25, 0.3) is 10.9 Å². The fourth-order valence-corrected chi connectivity index (χ4v) is 2.36. The molecule has 0 spiro atoms. The number of aryl methyl sites for hydroxylation is 1. The van der Waals surface area contributed by atoms with Crippen molar-refractivity contribution < 1.29 is 9.90 Å². The highest BCUT2D eigenvalue weighted by atomic mass is 16.4. The third kappa shape index (κ3) is 4.74. The number of fused-ring (bicyclic) bond motifs is 1. The van der Waals surface area contributed by atoms with Crippen LogP contribution < -0.4 is 5.32 Å². The predicted octanol–water partition coefficient (Wildman–Crippen LogP) is 3.99. The minimum atomic E-state index is -0.705. The van der Waals surface area contributed by atoms with Crippen molar-refractivity contribution in [3.8, 4) is 0 Å². The summed E-state index contributed by atoms with van der Waals surface area (Å²) in [4.78, 5) is 15.0. The van der Waals surface area contributed by atoms with Gasteiger partial charge in [-0.15, -0.1) is 0 Å². The van der Waals surface area contributed by atoms with Gasteiger partial charge in [0.2, 0.25) is 0 Å². The first kappa shape index (κ1) is 15.3. The van der Waals surface area contributed by atoms with Gasteiger partial charge in [-0.2, -0.15) is 0 Å². The van der Waals surface area contributed by atoms with E-state index in [2.05, 4.69) is 29.4 Å². The van der Waals surface area contributed by atoms with Gasteiger partial charge in [0.25, 0.3) is 0 Å². The number of anilines is 1. The highest BCUT2D eigenvalue weighted by Crippen LogP contribution is 2.19. The molecule has 2 N–H and O–H groups in total. The maximum atomic E-state index is 10.4. The zero-order valence-electron chi connectivity index (χ0n) is 12.4. The van der Waals surface area contributed by atoms with Gasteiger partial charge in [-0.25, -0.2) is 4.98 Å². The maximum Gasteiger partial charge on any atom is 0.303 e. The second-order valence-electron chi connectivity index (χ2n) is 5.33. The van der Waals surface area contributed by atoms with E-state index in [0.717, 1.165) is 54.5 Å². The average Bonchev–Trinajstić information content (AvgIpc) is 2.46. The Labute approximate surface area is 125 Å². The molecule has 1 aromatic carbocycles. The molecule has 2 aromatic rings. The molecular formula is C17H22N2O2. The van der Waals surface area contributed by atoms with E-state index in [0.29, 0.717) is 0 Å². The standard InChI is InChI=1S/C17H22N2O2/c1-13-12-14-8-5-6-9-15(14)19-17(13)18-11-7-3-2-4-10-16(20)21/h5-6,8-9,12H,2-4,7,10-11H2,1H3,(H,18,19)(H,20,21). The molecule has 1 heterocycles. The van der Waals surface area contributed by atoms with Gasteiger partial charge in [-0.3, -0.25) is 4.79 Å². The Kier molecular flexibility index (Phi) is 5.55.